The van der Waals surface area contributed by atoms with Crippen LogP contribution in [0, 0.1) is 0 Å². The van der Waals surface area contributed by atoms with Crippen molar-refractivity contribution in [1.29, 1.82) is 0 Å². The first-order valence-corrected chi connectivity index (χ1v) is 2.47. The first-order valence-electron chi connectivity index (χ1n) is 2.47. The van der Waals surface area contributed by atoms with Gasteiger partial charge in [0.15, 0.2) is 0 Å². The summed E-state index contributed by atoms with van der Waals surface area (Å²) in [4.78, 5) is 0. The third kappa shape index (κ3) is 10.0. The van der Waals surface area contributed by atoms with E-state index < -0.39 is 0 Å². The molecule has 0 aliphatic rings. The fourth-order valence-electron chi connectivity index (χ4n) is 0.387. The van der Waals surface area contributed by atoms with Crippen LogP contribution >= 0.6 is 0 Å². The van der Waals surface area contributed by atoms with E-state index in [1.54, 1.807) is 0 Å². The Morgan fingerprint density at radius 3 is 1.88 bits per heavy atom. The smallest absolute Gasteiger partial charge is 1.00 e. The summed E-state index contributed by atoms with van der Waals surface area (Å²) in [6.45, 7) is 4.67. The molecule has 0 bridgehead atoms. The van der Waals surface area contributed by atoms with Gasteiger partial charge in [-0.1, -0.05) is 6.58 Å². The Morgan fingerprint density at radius 1 is 1.50 bits per heavy atom. The molecular weight excluding hydrogens is 126 g/mol. The molecule has 2 heteroatoms. The monoisotopic (exact) mass is 142 g/mol. The molecule has 0 saturated carbocycles. The number of rotatable bonds is 2. The molecule has 0 aromatic heterocycles. The van der Waals surface area contributed by atoms with Crippen LogP contribution in [0.1, 0.15) is 2.85 Å². The Bertz CT molecular complexity index is 70.6. The van der Waals surface area contributed by atoms with Gasteiger partial charge in [0.2, 0.25) is 0 Å². The van der Waals surface area contributed by atoms with Crippen molar-refractivity contribution in [3.8, 4) is 0 Å². The SMILES string of the molecule is C=CC[N+](C)(C)C.[Ca+2].[H-].[H-]. The molecule has 0 aliphatic carbocycles. The molecule has 0 aromatic carbocycles. The van der Waals surface area contributed by atoms with Crippen LogP contribution in [0.15, 0.2) is 12.7 Å². The summed E-state index contributed by atoms with van der Waals surface area (Å²) in [6.07, 6.45) is 1.93. The molecule has 46 valence electrons. The summed E-state index contributed by atoms with van der Waals surface area (Å²) in [7, 11) is 6.42. The van der Waals surface area contributed by atoms with Gasteiger partial charge in [-0.15, -0.1) is 0 Å². The summed E-state index contributed by atoms with van der Waals surface area (Å²) in [5.74, 6) is 0. The molecule has 1 nitrogen and oxygen atoms in total. The van der Waals surface area contributed by atoms with Gasteiger partial charge < -0.3 is 7.34 Å². The molecule has 0 aromatic rings. The molecule has 0 radical (unpaired) electrons. The predicted molar refractivity (Wildman–Crippen MR) is 41.1 cm³/mol. The second-order valence-electron chi connectivity index (χ2n) is 2.76. The molecular formula is C6H16CaN+. The summed E-state index contributed by atoms with van der Waals surface area (Å²) in [6, 6.07) is 0. The van der Waals surface area contributed by atoms with Crippen LogP contribution in [0.4, 0.5) is 0 Å². The van der Waals surface area contributed by atoms with Crippen molar-refractivity contribution in [2.45, 2.75) is 0 Å². The van der Waals surface area contributed by atoms with Crippen LogP contribution in [0.5, 0.6) is 0 Å². The van der Waals surface area contributed by atoms with Gasteiger partial charge in [0.25, 0.3) is 0 Å². The first-order chi connectivity index (χ1) is 3.06. The number of quaternary nitrogens is 1. The summed E-state index contributed by atoms with van der Waals surface area (Å²) < 4.78 is 0.976. The van der Waals surface area contributed by atoms with Gasteiger partial charge in [-0.05, 0) is 6.08 Å². The fourth-order valence-corrected chi connectivity index (χ4v) is 0.387. The van der Waals surface area contributed by atoms with Crippen LogP contribution in [0.25, 0.3) is 0 Å². The zero-order valence-electron chi connectivity index (χ0n) is 8.15. The van der Waals surface area contributed by atoms with E-state index in [-0.39, 0.29) is 40.6 Å². The first kappa shape index (κ1) is 11.7. The van der Waals surface area contributed by atoms with Gasteiger partial charge >= 0.3 is 37.7 Å². The van der Waals surface area contributed by atoms with E-state index in [2.05, 4.69) is 27.7 Å². The fraction of sp³-hybridized carbons (Fsp3) is 0.667. The van der Waals surface area contributed by atoms with Crippen molar-refractivity contribution in [2.75, 3.05) is 27.7 Å². The molecule has 0 atom stereocenters. The standard InChI is InChI=1S/C6H14N.Ca.2H/c1-5-6-7(2,3)4;;;/h5H,1,6H2,2-4H3;;;/q+1;+2;2*-1. The van der Waals surface area contributed by atoms with Crippen LogP contribution < -0.4 is 0 Å². The van der Waals surface area contributed by atoms with E-state index in [0.717, 1.165) is 11.0 Å². The molecule has 0 aliphatic heterocycles. The average molecular weight is 142 g/mol. The van der Waals surface area contributed by atoms with Crippen LogP contribution in [-0.4, -0.2) is 69.9 Å². The quantitative estimate of drug-likeness (QED) is 0.303. The molecule has 0 rings (SSSR count). The van der Waals surface area contributed by atoms with E-state index >= 15 is 0 Å². The largest absolute Gasteiger partial charge is 2.00 e. The maximum atomic E-state index is 3.63. The molecule has 0 heterocycles. The van der Waals surface area contributed by atoms with Crippen molar-refractivity contribution in [1.82, 2.24) is 0 Å². The second-order valence-corrected chi connectivity index (χ2v) is 2.76. The molecule has 8 heavy (non-hydrogen) atoms. The Morgan fingerprint density at radius 2 is 1.88 bits per heavy atom. The minimum absolute atomic E-state index is 0. The maximum Gasteiger partial charge on any atom is 2.00 e. The van der Waals surface area contributed by atoms with E-state index in [4.69, 9.17) is 0 Å². The van der Waals surface area contributed by atoms with Gasteiger partial charge in [0, 0.05) is 0 Å². The number of nitrogens with zero attached hydrogens (tertiary/aromatic N) is 1. The Hall–Kier alpha value is 0.960. The Balaban J connectivity index is -0.0000000600. The van der Waals surface area contributed by atoms with Gasteiger partial charge in [-0.2, -0.15) is 0 Å². The minimum Gasteiger partial charge on any atom is -1.00 e. The second kappa shape index (κ2) is 4.80. The predicted octanol–water partition coefficient (Wildman–Crippen LogP) is 0.723. The van der Waals surface area contributed by atoms with Gasteiger partial charge in [0.05, 0.1) is 27.7 Å². The molecule has 0 unspecified atom stereocenters. The molecule has 0 saturated heterocycles. The van der Waals surface area contributed by atoms with Crippen molar-refractivity contribution < 1.29 is 7.34 Å². The van der Waals surface area contributed by atoms with Crippen LogP contribution in [0.3, 0.4) is 0 Å². The van der Waals surface area contributed by atoms with Gasteiger partial charge in [-0.3, -0.25) is 0 Å². The molecule has 0 N–H and O–H groups in total. The Labute approximate surface area is 84.9 Å². The van der Waals surface area contributed by atoms with E-state index in [1.807, 2.05) is 6.08 Å². The van der Waals surface area contributed by atoms with Crippen LogP contribution in [-0.2, 0) is 0 Å². The Kier molecular flexibility index (Phi) is 7.04. The third-order valence-electron chi connectivity index (χ3n) is 0.677. The molecule has 0 fully saturated rings. The van der Waals surface area contributed by atoms with Gasteiger partial charge in [-0.25, -0.2) is 0 Å². The summed E-state index contributed by atoms with van der Waals surface area (Å²) in [5, 5.41) is 0. The van der Waals surface area contributed by atoms with Crippen LogP contribution in [0.2, 0.25) is 0 Å². The van der Waals surface area contributed by atoms with E-state index in [9.17, 15) is 0 Å². The van der Waals surface area contributed by atoms with E-state index in [0.29, 0.717) is 0 Å². The maximum absolute atomic E-state index is 3.63. The average Bonchev–Trinajstić information content (AvgIpc) is 1.30. The van der Waals surface area contributed by atoms with E-state index in [1.165, 1.54) is 0 Å². The van der Waals surface area contributed by atoms with Crippen molar-refractivity contribution in [2.24, 2.45) is 0 Å². The third-order valence-corrected chi connectivity index (χ3v) is 0.677. The summed E-state index contributed by atoms with van der Waals surface area (Å²) in [5.41, 5.74) is 0. The zero-order valence-corrected chi connectivity index (χ0v) is 8.35. The van der Waals surface area contributed by atoms with Crippen molar-refractivity contribution >= 4 is 37.7 Å². The topological polar surface area (TPSA) is 0 Å². The number of hydrogen-bond acceptors (Lipinski definition) is 0. The minimum atomic E-state index is 0. The normalized spacial score (nSPS) is 9.88. The summed E-state index contributed by atoms with van der Waals surface area (Å²) >= 11 is 0. The number of hydrogen-bond donors (Lipinski definition) is 0. The van der Waals surface area contributed by atoms with Crippen molar-refractivity contribution in [3.05, 3.63) is 12.7 Å². The van der Waals surface area contributed by atoms with Crippen molar-refractivity contribution in [3.63, 3.8) is 0 Å². The number of likely N-dealkylation sites (N-methyl/N-ethyl adjacent to an activating group) is 1. The molecule has 0 spiro atoms. The molecule has 0 amide bonds. The van der Waals surface area contributed by atoms with Gasteiger partial charge in [0.1, 0.15) is 0 Å². The zero-order chi connectivity index (χ0) is 5.91.